The van der Waals surface area contributed by atoms with Gasteiger partial charge in [0.25, 0.3) is 0 Å². The first-order chi connectivity index (χ1) is 16.8. The van der Waals surface area contributed by atoms with E-state index in [0.29, 0.717) is 0 Å². The lowest BCUT2D eigenvalue weighted by Gasteiger charge is -2.31. The van der Waals surface area contributed by atoms with E-state index in [1.165, 1.54) is 59.0 Å². The Kier molecular flexibility index (Phi) is 4.18. The third-order valence-electron chi connectivity index (χ3n) is 7.67. The molecule has 0 saturated carbocycles. The molecule has 1 aliphatic rings. The van der Waals surface area contributed by atoms with Crippen molar-refractivity contribution in [3.63, 3.8) is 0 Å². The SMILES string of the molecule is Cc1cc2c3c(ccc2c2ccccc12)[Si](c1ccccc1)(c1ccccc1)c1ccccc1-3. The van der Waals surface area contributed by atoms with Crippen molar-refractivity contribution >= 4 is 50.4 Å². The number of fused-ring (bicyclic) bond motifs is 7. The highest BCUT2D eigenvalue weighted by atomic mass is 28.3. The molecule has 0 nitrogen and oxygen atoms in total. The van der Waals surface area contributed by atoms with Gasteiger partial charge in [-0.3, -0.25) is 0 Å². The Hall–Kier alpha value is -3.94. The number of aryl methyl sites for hydroxylation is 1. The van der Waals surface area contributed by atoms with Crippen molar-refractivity contribution in [1.29, 1.82) is 0 Å². The van der Waals surface area contributed by atoms with Gasteiger partial charge in [-0.1, -0.05) is 127 Å². The van der Waals surface area contributed by atoms with Gasteiger partial charge < -0.3 is 0 Å². The van der Waals surface area contributed by atoms with Crippen LogP contribution in [0.25, 0.3) is 32.7 Å². The third kappa shape index (κ3) is 2.48. The lowest BCUT2D eigenvalue weighted by Crippen LogP contribution is -2.72. The fraction of sp³-hybridized carbons (Fsp3) is 0.0303. The smallest absolute Gasteiger partial charge is 0.0623 e. The van der Waals surface area contributed by atoms with Gasteiger partial charge in [0.1, 0.15) is 0 Å². The van der Waals surface area contributed by atoms with Crippen LogP contribution in [0, 0.1) is 6.92 Å². The normalized spacial score (nSPS) is 13.7. The van der Waals surface area contributed by atoms with E-state index in [4.69, 9.17) is 0 Å². The van der Waals surface area contributed by atoms with Gasteiger partial charge in [-0.05, 0) is 65.9 Å². The third-order valence-corrected chi connectivity index (χ3v) is 12.5. The minimum absolute atomic E-state index is 1.34. The van der Waals surface area contributed by atoms with Crippen molar-refractivity contribution in [2.75, 3.05) is 0 Å². The summed E-state index contributed by atoms with van der Waals surface area (Å²) >= 11 is 0. The fourth-order valence-electron chi connectivity index (χ4n) is 6.30. The molecule has 1 heteroatoms. The van der Waals surface area contributed by atoms with Crippen LogP contribution in [0.1, 0.15) is 5.56 Å². The van der Waals surface area contributed by atoms with E-state index in [2.05, 4.69) is 134 Å². The molecule has 0 unspecified atom stereocenters. The average Bonchev–Trinajstić information content (AvgIpc) is 3.21. The van der Waals surface area contributed by atoms with Crippen molar-refractivity contribution in [1.82, 2.24) is 0 Å². The maximum absolute atomic E-state index is 2.45. The Morgan fingerprint density at radius 1 is 0.441 bits per heavy atom. The Morgan fingerprint density at radius 3 is 1.71 bits per heavy atom. The number of rotatable bonds is 2. The van der Waals surface area contributed by atoms with Crippen molar-refractivity contribution in [3.8, 4) is 11.1 Å². The molecule has 6 aromatic rings. The van der Waals surface area contributed by atoms with E-state index in [9.17, 15) is 0 Å². The summed E-state index contributed by atoms with van der Waals surface area (Å²) in [4.78, 5) is 0. The number of hydrogen-bond donors (Lipinski definition) is 0. The lowest BCUT2D eigenvalue weighted by molar-refractivity contribution is 1.56. The van der Waals surface area contributed by atoms with E-state index < -0.39 is 8.07 Å². The van der Waals surface area contributed by atoms with Crippen molar-refractivity contribution in [2.45, 2.75) is 6.92 Å². The summed E-state index contributed by atoms with van der Waals surface area (Å²) in [5.74, 6) is 0. The number of benzene rings is 6. The summed E-state index contributed by atoms with van der Waals surface area (Å²) in [6.45, 7) is 2.25. The van der Waals surface area contributed by atoms with Gasteiger partial charge in [0.2, 0.25) is 0 Å². The molecule has 0 fully saturated rings. The maximum atomic E-state index is 2.45. The molecule has 0 atom stereocenters. The molecule has 0 N–H and O–H groups in total. The highest BCUT2D eigenvalue weighted by Gasteiger charge is 2.48. The second kappa shape index (κ2) is 7.28. The van der Waals surface area contributed by atoms with Crippen LogP contribution in [0.3, 0.4) is 0 Å². The quantitative estimate of drug-likeness (QED) is 0.236. The average molecular weight is 449 g/mol. The molecule has 1 aliphatic heterocycles. The first kappa shape index (κ1) is 19.5. The molecule has 0 amide bonds. The van der Waals surface area contributed by atoms with Gasteiger partial charge in [-0.15, -0.1) is 0 Å². The Labute approximate surface area is 201 Å². The topological polar surface area (TPSA) is 0 Å². The van der Waals surface area contributed by atoms with Crippen LogP contribution in [0.4, 0.5) is 0 Å². The van der Waals surface area contributed by atoms with Crippen LogP contribution < -0.4 is 20.7 Å². The number of hydrogen-bond acceptors (Lipinski definition) is 0. The predicted octanol–water partition coefficient (Wildman–Crippen LogP) is 5.66. The summed E-state index contributed by atoms with van der Waals surface area (Å²) in [5, 5.41) is 11.3. The van der Waals surface area contributed by atoms with Crippen molar-refractivity contribution < 1.29 is 0 Å². The van der Waals surface area contributed by atoms with Crippen molar-refractivity contribution in [3.05, 3.63) is 133 Å². The Morgan fingerprint density at radius 2 is 1.00 bits per heavy atom. The zero-order chi connectivity index (χ0) is 22.7. The Bertz CT molecular complexity index is 1660. The first-order valence-corrected chi connectivity index (χ1v) is 14.0. The summed E-state index contributed by atoms with van der Waals surface area (Å²) in [6.07, 6.45) is 0. The molecule has 0 radical (unpaired) electrons. The molecular formula is C33H24Si. The van der Waals surface area contributed by atoms with E-state index in [1.54, 1.807) is 0 Å². The maximum Gasteiger partial charge on any atom is 0.180 e. The van der Waals surface area contributed by atoms with Crippen LogP contribution in [-0.2, 0) is 0 Å². The van der Waals surface area contributed by atoms with Crippen LogP contribution in [0.15, 0.2) is 127 Å². The van der Waals surface area contributed by atoms with Crippen LogP contribution in [0.2, 0.25) is 0 Å². The second-order valence-electron chi connectivity index (χ2n) is 9.35. The van der Waals surface area contributed by atoms with Gasteiger partial charge in [-0.25, -0.2) is 0 Å². The monoisotopic (exact) mass is 448 g/mol. The molecule has 0 aromatic heterocycles. The summed E-state index contributed by atoms with van der Waals surface area (Å²) < 4.78 is 0. The molecule has 160 valence electrons. The molecular weight excluding hydrogens is 424 g/mol. The molecule has 1 heterocycles. The molecule has 34 heavy (non-hydrogen) atoms. The van der Waals surface area contributed by atoms with Crippen LogP contribution >= 0.6 is 0 Å². The zero-order valence-electron chi connectivity index (χ0n) is 19.1. The van der Waals surface area contributed by atoms with Gasteiger partial charge in [0.05, 0.1) is 0 Å². The first-order valence-electron chi connectivity index (χ1n) is 12.0. The zero-order valence-corrected chi connectivity index (χ0v) is 20.1. The van der Waals surface area contributed by atoms with Gasteiger partial charge in [0.15, 0.2) is 8.07 Å². The summed E-state index contributed by atoms with van der Waals surface area (Å²) in [6, 6.07) is 47.7. The standard InChI is InChI=1S/C33H24Si/c1-23-22-30-28(27-17-9-8-16-26(23)27)20-21-32-33(30)29-18-10-11-19-31(29)34(32,24-12-4-2-5-13-24)25-14-6-3-7-15-25/h2-22H,1H3. The molecule has 0 aliphatic carbocycles. The van der Waals surface area contributed by atoms with Gasteiger partial charge >= 0.3 is 0 Å². The molecule has 0 saturated heterocycles. The van der Waals surface area contributed by atoms with Crippen LogP contribution in [-0.4, -0.2) is 8.07 Å². The predicted molar refractivity (Wildman–Crippen MR) is 149 cm³/mol. The van der Waals surface area contributed by atoms with Gasteiger partial charge in [0, 0.05) is 0 Å². The molecule has 6 aromatic carbocycles. The molecule has 0 spiro atoms. The highest BCUT2D eigenvalue weighted by Crippen LogP contribution is 2.38. The minimum Gasteiger partial charge on any atom is -0.0623 e. The minimum atomic E-state index is -2.43. The van der Waals surface area contributed by atoms with Crippen molar-refractivity contribution in [2.24, 2.45) is 0 Å². The van der Waals surface area contributed by atoms with Crippen LogP contribution in [0.5, 0.6) is 0 Å². The van der Waals surface area contributed by atoms with E-state index in [0.717, 1.165) is 0 Å². The fourth-order valence-corrected chi connectivity index (χ4v) is 11.5. The van der Waals surface area contributed by atoms with E-state index in [-0.39, 0.29) is 0 Å². The highest BCUT2D eigenvalue weighted by molar-refractivity contribution is 7.22. The molecule has 7 rings (SSSR count). The second-order valence-corrected chi connectivity index (χ2v) is 13.1. The van der Waals surface area contributed by atoms with E-state index >= 15 is 0 Å². The summed E-state index contributed by atoms with van der Waals surface area (Å²) in [7, 11) is -2.43. The Balaban J connectivity index is 1.71. The lowest BCUT2D eigenvalue weighted by atomic mass is 9.92. The van der Waals surface area contributed by atoms with Gasteiger partial charge in [-0.2, -0.15) is 0 Å². The molecule has 0 bridgehead atoms. The largest absolute Gasteiger partial charge is 0.180 e. The summed E-state index contributed by atoms with van der Waals surface area (Å²) in [5.41, 5.74) is 4.17. The van der Waals surface area contributed by atoms with E-state index in [1.807, 2.05) is 0 Å².